The van der Waals surface area contributed by atoms with Crippen LogP contribution >= 0.6 is 0 Å². The van der Waals surface area contributed by atoms with Gasteiger partial charge in [-0.05, 0) is 48.6 Å². The molecule has 2 rings (SSSR count). The second kappa shape index (κ2) is 9.32. The van der Waals surface area contributed by atoms with Crippen molar-refractivity contribution in [3.05, 3.63) is 46.9 Å². The Morgan fingerprint density at radius 1 is 1.15 bits per heavy atom. The van der Waals surface area contributed by atoms with Crippen molar-refractivity contribution in [3.8, 4) is 0 Å². The van der Waals surface area contributed by atoms with Crippen molar-refractivity contribution in [2.24, 2.45) is 5.92 Å². The summed E-state index contributed by atoms with van der Waals surface area (Å²) in [6.07, 6.45) is 3.89. The van der Waals surface area contributed by atoms with E-state index in [1.807, 2.05) is 32.0 Å². The fourth-order valence-corrected chi connectivity index (χ4v) is 2.93. The maximum absolute atomic E-state index is 12.1. The number of pyridine rings is 2. The number of hydrogen-bond donors (Lipinski definition) is 2. The van der Waals surface area contributed by atoms with Crippen LogP contribution in [0.2, 0.25) is 0 Å². The Morgan fingerprint density at radius 3 is 2.58 bits per heavy atom. The van der Waals surface area contributed by atoms with Crippen LogP contribution in [0.15, 0.2) is 24.3 Å². The SMILES string of the molecule is CCCc1nc(Cc2cc(N)nc(CC)c2)ccc1NC(=O)CC(C)C. The minimum Gasteiger partial charge on any atom is -0.384 e. The summed E-state index contributed by atoms with van der Waals surface area (Å²) in [5, 5.41) is 3.01. The van der Waals surface area contributed by atoms with Gasteiger partial charge in [0.1, 0.15) is 5.82 Å². The van der Waals surface area contributed by atoms with Gasteiger partial charge >= 0.3 is 0 Å². The summed E-state index contributed by atoms with van der Waals surface area (Å²) in [6.45, 7) is 8.26. The highest BCUT2D eigenvalue weighted by Gasteiger charge is 2.11. The van der Waals surface area contributed by atoms with Crippen molar-refractivity contribution in [2.75, 3.05) is 11.1 Å². The maximum atomic E-state index is 12.1. The first-order valence-corrected chi connectivity index (χ1v) is 9.45. The topological polar surface area (TPSA) is 80.9 Å². The Hall–Kier alpha value is -2.43. The number of nitrogens with zero attached hydrogens (tertiary/aromatic N) is 2. The van der Waals surface area contributed by atoms with E-state index in [9.17, 15) is 4.79 Å². The Bertz CT molecular complexity index is 756. The molecule has 0 unspecified atom stereocenters. The van der Waals surface area contributed by atoms with E-state index in [4.69, 9.17) is 10.7 Å². The molecule has 1 amide bonds. The summed E-state index contributed by atoms with van der Waals surface area (Å²) in [6, 6.07) is 7.93. The summed E-state index contributed by atoms with van der Waals surface area (Å²) in [4.78, 5) is 21.2. The lowest BCUT2D eigenvalue weighted by Gasteiger charge is -2.13. The second-order valence-corrected chi connectivity index (χ2v) is 7.11. The van der Waals surface area contributed by atoms with Gasteiger partial charge in [0.15, 0.2) is 0 Å². The average molecular weight is 354 g/mol. The summed E-state index contributed by atoms with van der Waals surface area (Å²) >= 11 is 0. The molecule has 0 saturated carbocycles. The van der Waals surface area contributed by atoms with E-state index in [0.717, 1.165) is 47.6 Å². The van der Waals surface area contributed by atoms with Crippen LogP contribution in [0.4, 0.5) is 11.5 Å². The third kappa shape index (κ3) is 5.83. The summed E-state index contributed by atoms with van der Waals surface area (Å²) < 4.78 is 0. The molecule has 0 saturated heterocycles. The second-order valence-electron chi connectivity index (χ2n) is 7.11. The maximum Gasteiger partial charge on any atom is 0.224 e. The van der Waals surface area contributed by atoms with Crippen molar-refractivity contribution >= 4 is 17.4 Å². The van der Waals surface area contributed by atoms with Gasteiger partial charge in [-0.3, -0.25) is 9.78 Å². The molecular formula is C21H30N4O. The molecule has 2 aromatic heterocycles. The first-order valence-electron chi connectivity index (χ1n) is 9.45. The lowest BCUT2D eigenvalue weighted by molar-refractivity contribution is -0.116. The van der Waals surface area contributed by atoms with Crippen LogP contribution in [0.5, 0.6) is 0 Å². The molecule has 0 fully saturated rings. The number of aryl methyl sites for hydroxylation is 2. The standard InChI is InChI=1S/C21H30N4O/c1-5-7-18-19(25-21(26)10-14(3)4)9-8-17(23-18)12-15-11-16(6-2)24-20(22)13-15/h8-9,11,13-14H,5-7,10,12H2,1-4H3,(H2,22,24)(H,25,26). The van der Waals surface area contributed by atoms with Crippen LogP contribution in [0.25, 0.3) is 0 Å². The van der Waals surface area contributed by atoms with Gasteiger partial charge in [0.05, 0.1) is 11.4 Å². The molecule has 0 aromatic carbocycles. The number of nitrogen functional groups attached to an aromatic ring is 1. The van der Waals surface area contributed by atoms with Gasteiger partial charge in [-0.1, -0.05) is 34.1 Å². The van der Waals surface area contributed by atoms with Gasteiger partial charge in [-0.2, -0.15) is 0 Å². The first-order chi connectivity index (χ1) is 12.4. The van der Waals surface area contributed by atoms with Gasteiger partial charge in [0, 0.05) is 24.2 Å². The van der Waals surface area contributed by atoms with E-state index in [1.165, 1.54) is 0 Å². The predicted molar refractivity (Wildman–Crippen MR) is 107 cm³/mol. The fourth-order valence-electron chi connectivity index (χ4n) is 2.93. The van der Waals surface area contributed by atoms with Gasteiger partial charge < -0.3 is 11.1 Å². The molecule has 0 radical (unpaired) electrons. The molecule has 26 heavy (non-hydrogen) atoms. The monoisotopic (exact) mass is 354 g/mol. The zero-order valence-electron chi connectivity index (χ0n) is 16.3. The smallest absolute Gasteiger partial charge is 0.224 e. The number of carbonyl (C=O) groups is 1. The molecule has 3 N–H and O–H groups in total. The third-order valence-electron chi connectivity index (χ3n) is 4.09. The molecule has 2 heterocycles. The Balaban J connectivity index is 2.21. The van der Waals surface area contributed by atoms with Crippen LogP contribution in [0.3, 0.4) is 0 Å². The zero-order chi connectivity index (χ0) is 19.1. The highest BCUT2D eigenvalue weighted by Crippen LogP contribution is 2.20. The Kier molecular flexibility index (Phi) is 7.13. The van der Waals surface area contributed by atoms with Crippen LogP contribution < -0.4 is 11.1 Å². The lowest BCUT2D eigenvalue weighted by atomic mass is 10.1. The van der Waals surface area contributed by atoms with Gasteiger partial charge in [-0.15, -0.1) is 0 Å². The molecule has 2 aromatic rings. The highest BCUT2D eigenvalue weighted by molar-refractivity contribution is 5.91. The molecule has 0 aliphatic carbocycles. The molecule has 0 atom stereocenters. The number of carbonyl (C=O) groups excluding carboxylic acids is 1. The number of nitrogens with one attached hydrogen (secondary N) is 1. The summed E-state index contributed by atoms with van der Waals surface area (Å²) in [7, 11) is 0. The number of aromatic nitrogens is 2. The van der Waals surface area contributed by atoms with Crippen LogP contribution in [-0.2, 0) is 24.1 Å². The molecular weight excluding hydrogens is 324 g/mol. The van der Waals surface area contributed by atoms with Crippen molar-refractivity contribution in [1.82, 2.24) is 9.97 Å². The van der Waals surface area contributed by atoms with Crippen LogP contribution in [-0.4, -0.2) is 15.9 Å². The minimum atomic E-state index is 0.0430. The minimum absolute atomic E-state index is 0.0430. The summed E-state index contributed by atoms with van der Waals surface area (Å²) in [5.74, 6) is 0.925. The largest absolute Gasteiger partial charge is 0.384 e. The Morgan fingerprint density at radius 2 is 1.92 bits per heavy atom. The van der Waals surface area contributed by atoms with Crippen LogP contribution in [0.1, 0.15) is 63.2 Å². The van der Waals surface area contributed by atoms with Crippen molar-refractivity contribution in [3.63, 3.8) is 0 Å². The quantitative estimate of drug-likeness (QED) is 0.746. The molecule has 0 aliphatic rings. The third-order valence-corrected chi connectivity index (χ3v) is 4.09. The molecule has 0 bridgehead atoms. The average Bonchev–Trinajstić information content (AvgIpc) is 2.56. The van der Waals surface area contributed by atoms with E-state index in [1.54, 1.807) is 0 Å². The number of hydrogen-bond acceptors (Lipinski definition) is 4. The number of anilines is 2. The normalized spacial score (nSPS) is 11.0. The number of amides is 1. The van der Waals surface area contributed by atoms with Crippen LogP contribution in [0, 0.1) is 5.92 Å². The molecule has 140 valence electrons. The molecule has 0 spiro atoms. The van der Waals surface area contributed by atoms with E-state index in [2.05, 4.69) is 30.2 Å². The zero-order valence-corrected chi connectivity index (χ0v) is 16.3. The molecule has 5 nitrogen and oxygen atoms in total. The van der Waals surface area contributed by atoms with Gasteiger partial charge in [-0.25, -0.2) is 4.98 Å². The molecule has 5 heteroatoms. The summed E-state index contributed by atoms with van der Waals surface area (Å²) in [5.41, 5.74) is 10.8. The number of nitrogens with two attached hydrogens (primary N) is 1. The van der Waals surface area contributed by atoms with E-state index in [-0.39, 0.29) is 5.91 Å². The highest BCUT2D eigenvalue weighted by atomic mass is 16.1. The van der Waals surface area contributed by atoms with E-state index in [0.29, 0.717) is 24.6 Å². The van der Waals surface area contributed by atoms with Gasteiger partial charge in [0.25, 0.3) is 0 Å². The first kappa shape index (κ1) is 19.9. The van der Waals surface area contributed by atoms with Crippen molar-refractivity contribution in [1.29, 1.82) is 0 Å². The van der Waals surface area contributed by atoms with E-state index < -0.39 is 0 Å². The predicted octanol–water partition coefficient (Wildman–Crippen LogP) is 4.15. The van der Waals surface area contributed by atoms with Crippen molar-refractivity contribution in [2.45, 2.75) is 59.8 Å². The number of rotatable bonds is 8. The lowest BCUT2D eigenvalue weighted by Crippen LogP contribution is -2.16. The van der Waals surface area contributed by atoms with Crippen molar-refractivity contribution < 1.29 is 4.79 Å². The molecule has 0 aliphatic heterocycles. The van der Waals surface area contributed by atoms with Gasteiger partial charge in [0.2, 0.25) is 5.91 Å². The fraction of sp³-hybridized carbons (Fsp3) is 0.476. The van der Waals surface area contributed by atoms with E-state index >= 15 is 0 Å². The Labute approximate surface area is 156 Å².